The highest BCUT2D eigenvalue weighted by Crippen LogP contribution is 2.20. The molecule has 2 heterocycles. The fraction of sp³-hybridized carbons (Fsp3) is 0.235. The van der Waals surface area contributed by atoms with Crippen LogP contribution < -0.4 is 10.2 Å². The Morgan fingerprint density at radius 3 is 2.48 bits per heavy atom. The summed E-state index contributed by atoms with van der Waals surface area (Å²) >= 11 is 0. The second-order valence-corrected chi connectivity index (χ2v) is 5.92. The fourth-order valence-electron chi connectivity index (χ4n) is 2.24. The Morgan fingerprint density at radius 1 is 1.17 bits per heavy atom. The minimum absolute atomic E-state index is 0.186. The van der Waals surface area contributed by atoms with Gasteiger partial charge in [0.15, 0.2) is 5.82 Å². The van der Waals surface area contributed by atoms with Crippen LogP contribution in [0.3, 0.4) is 0 Å². The Bertz CT molecular complexity index is 788. The lowest BCUT2D eigenvalue weighted by molar-refractivity contribution is 0.248. The predicted octanol–water partition coefficient (Wildman–Crippen LogP) is 2.32. The van der Waals surface area contributed by atoms with Crippen molar-refractivity contribution in [1.82, 2.24) is 15.3 Å². The Balaban J connectivity index is 1.76. The van der Waals surface area contributed by atoms with Crippen LogP contribution in [0.5, 0.6) is 0 Å². The quantitative estimate of drug-likeness (QED) is 0.822. The highest BCUT2D eigenvalue weighted by molar-refractivity contribution is 5.94. The summed E-state index contributed by atoms with van der Waals surface area (Å²) in [5.74, 6) is 5.93. The molecule has 0 radical (unpaired) electrons. The monoisotopic (exact) mass is 310 g/mol. The maximum Gasteiger partial charge on any atom is 0.323 e. The van der Waals surface area contributed by atoms with Crippen molar-refractivity contribution in [1.29, 1.82) is 0 Å². The molecule has 23 heavy (non-hydrogen) atoms. The molecule has 0 aliphatic carbocycles. The zero-order valence-electron chi connectivity index (χ0n) is 12.8. The third kappa shape index (κ3) is 3.46. The van der Waals surface area contributed by atoms with Gasteiger partial charge in [-0.1, -0.05) is 5.92 Å². The molecule has 2 aromatic rings. The maximum absolute atomic E-state index is 12.8. The van der Waals surface area contributed by atoms with Gasteiger partial charge in [0.1, 0.15) is 11.5 Å². The van der Waals surface area contributed by atoms with Crippen molar-refractivity contribution < 1.29 is 9.18 Å². The van der Waals surface area contributed by atoms with E-state index in [1.165, 1.54) is 24.5 Å². The Labute approximate surface area is 133 Å². The van der Waals surface area contributed by atoms with E-state index < -0.39 is 0 Å². The number of nitrogens with one attached hydrogen (secondary N) is 1. The number of nitrogens with zero attached hydrogens (tertiary/aromatic N) is 3. The summed E-state index contributed by atoms with van der Waals surface area (Å²) < 4.78 is 12.8. The van der Waals surface area contributed by atoms with Gasteiger partial charge in [-0.05, 0) is 44.0 Å². The van der Waals surface area contributed by atoms with E-state index >= 15 is 0 Å². The molecule has 0 spiro atoms. The molecule has 1 aromatic heterocycles. The van der Waals surface area contributed by atoms with Crippen molar-refractivity contribution in [3.05, 3.63) is 53.7 Å². The van der Waals surface area contributed by atoms with Gasteiger partial charge in [-0.2, -0.15) is 0 Å². The van der Waals surface area contributed by atoms with Gasteiger partial charge >= 0.3 is 6.03 Å². The fourth-order valence-corrected chi connectivity index (χ4v) is 2.24. The number of benzene rings is 1. The average Bonchev–Trinajstić information content (AvgIpc) is 2.80. The number of carbonyl (C=O) groups excluding carboxylic acids is 1. The van der Waals surface area contributed by atoms with E-state index in [1.54, 1.807) is 17.0 Å². The van der Waals surface area contributed by atoms with Crippen LogP contribution in [0.4, 0.5) is 15.0 Å². The van der Waals surface area contributed by atoms with Crippen molar-refractivity contribution >= 4 is 11.8 Å². The molecule has 1 aromatic carbocycles. The zero-order valence-corrected chi connectivity index (χ0v) is 12.8. The van der Waals surface area contributed by atoms with Crippen LogP contribution in [0.15, 0.2) is 36.7 Å². The molecule has 1 aliphatic rings. The van der Waals surface area contributed by atoms with Crippen LogP contribution in [0.25, 0.3) is 0 Å². The topological polar surface area (TPSA) is 58.1 Å². The summed E-state index contributed by atoms with van der Waals surface area (Å²) in [4.78, 5) is 21.9. The highest BCUT2D eigenvalue weighted by atomic mass is 19.1. The van der Waals surface area contributed by atoms with Crippen LogP contribution >= 0.6 is 0 Å². The van der Waals surface area contributed by atoms with Crippen molar-refractivity contribution in [3.8, 4) is 11.8 Å². The number of hydrogen-bond donors (Lipinski definition) is 1. The summed E-state index contributed by atoms with van der Waals surface area (Å²) in [6.07, 6.45) is 3.04. The molecule has 0 saturated carbocycles. The van der Waals surface area contributed by atoms with Gasteiger partial charge in [0.2, 0.25) is 0 Å². The minimum Gasteiger partial charge on any atom is -0.331 e. The molecule has 1 fully saturated rings. The van der Waals surface area contributed by atoms with E-state index in [0.717, 1.165) is 0 Å². The van der Waals surface area contributed by atoms with Crippen LogP contribution in [0.2, 0.25) is 0 Å². The first kappa shape index (κ1) is 15.0. The maximum atomic E-state index is 12.8. The van der Waals surface area contributed by atoms with Gasteiger partial charge < -0.3 is 5.32 Å². The number of carbonyl (C=O) groups is 1. The minimum atomic E-state index is -0.300. The lowest BCUT2D eigenvalue weighted by atomic mass is 10.1. The number of rotatable bonds is 1. The van der Waals surface area contributed by atoms with Crippen LogP contribution in [-0.2, 0) is 0 Å². The van der Waals surface area contributed by atoms with Gasteiger partial charge in [0.05, 0.1) is 24.5 Å². The molecule has 6 heteroatoms. The van der Waals surface area contributed by atoms with Gasteiger partial charge in [0.25, 0.3) is 0 Å². The number of anilines is 1. The van der Waals surface area contributed by atoms with Crippen LogP contribution in [-0.4, -0.2) is 28.1 Å². The Morgan fingerprint density at radius 2 is 1.91 bits per heavy atom. The number of amides is 2. The van der Waals surface area contributed by atoms with Crippen molar-refractivity contribution in [2.75, 3.05) is 11.4 Å². The van der Waals surface area contributed by atoms with Crippen LogP contribution in [0.1, 0.15) is 25.1 Å². The molecule has 5 nitrogen and oxygen atoms in total. The van der Waals surface area contributed by atoms with Crippen molar-refractivity contribution in [2.45, 2.75) is 19.4 Å². The molecule has 2 amide bonds. The van der Waals surface area contributed by atoms with Gasteiger partial charge in [-0.15, -0.1) is 0 Å². The number of urea groups is 1. The van der Waals surface area contributed by atoms with Crippen molar-refractivity contribution in [2.24, 2.45) is 0 Å². The molecule has 116 valence electrons. The molecule has 0 unspecified atom stereocenters. The van der Waals surface area contributed by atoms with E-state index in [-0.39, 0.29) is 17.4 Å². The second-order valence-electron chi connectivity index (χ2n) is 5.92. The molecule has 1 saturated heterocycles. The standard InChI is InChI=1S/C17H15FN4O/c1-17(2)11-22(16(23)21-17)15-10-19-14(9-20-15)8-5-12-3-6-13(18)7-4-12/h3-4,6-7,9-10H,11H2,1-2H3,(H,21,23). The summed E-state index contributed by atoms with van der Waals surface area (Å²) in [7, 11) is 0. The Kier molecular flexibility index (Phi) is 3.70. The zero-order chi connectivity index (χ0) is 16.4. The molecule has 1 N–H and O–H groups in total. The predicted molar refractivity (Wildman–Crippen MR) is 84.4 cm³/mol. The summed E-state index contributed by atoms with van der Waals surface area (Å²) in [5.41, 5.74) is 0.884. The first-order valence-corrected chi connectivity index (χ1v) is 7.12. The first-order valence-electron chi connectivity index (χ1n) is 7.12. The first-order chi connectivity index (χ1) is 10.9. The second kappa shape index (κ2) is 5.69. The normalized spacial score (nSPS) is 15.8. The molecule has 0 atom stereocenters. The smallest absolute Gasteiger partial charge is 0.323 e. The van der Waals surface area contributed by atoms with Gasteiger partial charge in [-0.25, -0.2) is 19.2 Å². The summed E-state index contributed by atoms with van der Waals surface area (Å²) in [6.45, 7) is 4.42. The molecule has 1 aliphatic heterocycles. The SMILES string of the molecule is CC1(C)CN(c2cnc(C#Cc3ccc(F)cc3)cn2)C(=O)N1. The highest BCUT2D eigenvalue weighted by Gasteiger charge is 2.36. The van der Waals surface area contributed by atoms with E-state index in [9.17, 15) is 9.18 Å². The van der Waals surface area contributed by atoms with E-state index in [0.29, 0.717) is 23.6 Å². The molecular weight excluding hydrogens is 295 g/mol. The Hall–Kier alpha value is -2.94. The summed E-state index contributed by atoms with van der Waals surface area (Å²) in [5, 5.41) is 2.87. The third-order valence-corrected chi connectivity index (χ3v) is 3.34. The number of halogens is 1. The third-order valence-electron chi connectivity index (χ3n) is 3.34. The molecular formula is C17H15FN4O. The lowest BCUT2D eigenvalue weighted by Crippen LogP contribution is -2.36. The van der Waals surface area contributed by atoms with Gasteiger partial charge in [0, 0.05) is 5.56 Å². The lowest BCUT2D eigenvalue weighted by Gasteiger charge is -2.16. The molecule has 3 rings (SSSR count). The van der Waals surface area contributed by atoms with Gasteiger partial charge in [-0.3, -0.25) is 4.90 Å². The number of hydrogen-bond acceptors (Lipinski definition) is 3. The summed E-state index contributed by atoms with van der Waals surface area (Å²) in [6, 6.07) is 5.72. The largest absolute Gasteiger partial charge is 0.331 e. The van der Waals surface area contributed by atoms with Crippen molar-refractivity contribution in [3.63, 3.8) is 0 Å². The number of aromatic nitrogens is 2. The van der Waals surface area contributed by atoms with E-state index in [1.807, 2.05) is 13.8 Å². The van der Waals surface area contributed by atoms with E-state index in [2.05, 4.69) is 27.1 Å². The van der Waals surface area contributed by atoms with Crippen LogP contribution in [0, 0.1) is 17.7 Å². The average molecular weight is 310 g/mol. The molecule has 0 bridgehead atoms. The van der Waals surface area contributed by atoms with E-state index in [4.69, 9.17) is 0 Å².